The number of nitrogens with zero attached hydrogens (tertiary/aromatic N) is 2. The number of anilines is 1. The Morgan fingerprint density at radius 1 is 1.15 bits per heavy atom. The maximum absolute atomic E-state index is 12.1. The number of methoxy groups -OCH3 is 1. The highest BCUT2D eigenvalue weighted by atomic mass is 16.5. The Morgan fingerprint density at radius 3 is 2.58 bits per heavy atom. The highest BCUT2D eigenvalue weighted by molar-refractivity contribution is 5.88. The van der Waals surface area contributed by atoms with Gasteiger partial charge in [-0.25, -0.2) is 4.79 Å². The van der Waals surface area contributed by atoms with Crippen LogP contribution in [0.4, 0.5) is 10.5 Å². The highest BCUT2D eigenvalue weighted by Gasteiger charge is 2.40. The van der Waals surface area contributed by atoms with E-state index >= 15 is 0 Å². The SMILES string of the molecule is COc1ccccc1-c1cccc(N(C(=O)O)C2CN3CCC2CC3)c1. The molecule has 0 radical (unpaired) electrons. The molecule has 0 aromatic heterocycles. The van der Waals surface area contributed by atoms with Crippen LogP contribution in [0.2, 0.25) is 0 Å². The summed E-state index contributed by atoms with van der Waals surface area (Å²) in [6, 6.07) is 15.6. The van der Waals surface area contributed by atoms with Crippen LogP contribution in [0.3, 0.4) is 0 Å². The van der Waals surface area contributed by atoms with Gasteiger partial charge in [0.15, 0.2) is 0 Å². The van der Waals surface area contributed by atoms with Gasteiger partial charge in [0, 0.05) is 17.8 Å². The van der Waals surface area contributed by atoms with E-state index in [4.69, 9.17) is 4.74 Å². The van der Waals surface area contributed by atoms with Gasteiger partial charge in [-0.2, -0.15) is 0 Å². The van der Waals surface area contributed by atoms with Gasteiger partial charge in [0.2, 0.25) is 0 Å². The van der Waals surface area contributed by atoms with Crippen LogP contribution in [-0.2, 0) is 0 Å². The summed E-state index contributed by atoms with van der Waals surface area (Å²) in [5.41, 5.74) is 2.67. The van der Waals surface area contributed by atoms with Crippen molar-refractivity contribution in [3.8, 4) is 16.9 Å². The third-order valence-corrected chi connectivity index (χ3v) is 5.70. The molecule has 1 amide bonds. The molecular weight excluding hydrogens is 328 g/mol. The lowest BCUT2D eigenvalue weighted by Crippen LogP contribution is -2.58. The minimum Gasteiger partial charge on any atom is -0.496 e. The van der Waals surface area contributed by atoms with Crippen LogP contribution in [-0.4, -0.2) is 48.9 Å². The molecular formula is C21H24N2O3. The normalized spacial score (nSPS) is 24.3. The first-order valence-corrected chi connectivity index (χ1v) is 9.15. The number of ether oxygens (including phenoxy) is 1. The van der Waals surface area contributed by atoms with E-state index in [0.717, 1.165) is 55.0 Å². The van der Waals surface area contributed by atoms with Crippen molar-refractivity contribution < 1.29 is 14.6 Å². The van der Waals surface area contributed by atoms with Crippen LogP contribution >= 0.6 is 0 Å². The van der Waals surface area contributed by atoms with Gasteiger partial charge in [0.1, 0.15) is 5.75 Å². The second kappa shape index (κ2) is 7.00. The molecule has 3 saturated heterocycles. The molecule has 0 aliphatic carbocycles. The van der Waals surface area contributed by atoms with Crippen molar-refractivity contribution in [1.29, 1.82) is 0 Å². The fourth-order valence-corrected chi connectivity index (χ4v) is 4.38. The summed E-state index contributed by atoms with van der Waals surface area (Å²) < 4.78 is 5.47. The summed E-state index contributed by atoms with van der Waals surface area (Å²) in [6.45, 7) is 3.02. The van der Waals surface area contributed by atoms with E-state index in [1.54, 1.807) is 12.0 Å². The van der Waals surface area contributed by atoms with Crippen LogP contribution in [0.5, 0.6) is 5.75 Å². The largest absolute Gasteiger partial charge is 0.496 e. The molecule has 3 aliphatic heterocycles. The molecule has 26 heavy (non-hydrogen) atoms. The zero-order valence-corrected chi connectivity index (χ0v) is 15.0. The molecule has 3 aliphatic rings. The van der Waals surface area contributed by atoms with Gasteiger partial charge >= 0.3 is 6.09 Å². The summed E-state index contributed by atoms with van der Waals surface area (Å²) >= 11 is 0. The minimum atomic E-state index is -0.874. The number of benzene rings is 2. The van der Waals surface area contributed by atoms with E-state index in [2.05, 4.69) is 4.90 Å². The second-order valence-electron chi connectivity index (χ2n) is 7.11. The molecule has 1 N–H and O–H groups in total. The van der Waals surface area contributed by atoms with Crippen LogP contribution in [0, 0.1) is 5.92 Å². The van der Waals surface area contributed by atoms with E-state index in [0.29, 0.717) is 5.92 Å². The lowest BCUT2D eigenvalue weighted by Gasteiger charge is -2.48. The molecule has 3 heterocycles. The number of hydrogen-bond acceptors (Lipinski definition) is 3. The summed E-state index contributed by atoms with van der Waals surface area (Å²) in [6.07, 6.45) is 1.29. The van der Waals surface area contributed by atoms with Crippen LogP contribution in [0.15, 0.2) is 48.5 Å². The van der Waals surface area contributed by atoms with E-state index in [9.17, 15) is 9.90 Å². The average Bonchev–Trinajstić information content (AvgIpc) is 2.69. The van der Waals surface area contributed by atoms with Gasteiger partial charge in [-0.3, -0.25) is 4.90 Å². The predicted molar refractivity (Wildman–Crippen MR) is 102 cm³/mol. The molecule has 5 heteroatoms. The first kappa shape index (κ1) is 16.9. The summed E-state index contributed by atoms with van der Waals surface area (Å²) in [5, 5.41) is 9.95. The number of carbonyl (C=O) groups is 1. The Balaban J connectivity index is 1.71. The van der Waals surface area contributed by atoms with Crippen molar-refractivity contribution in [2.75, 3.05) is 31.6 Å². The van der Waals surface area contributed by atoms with Gasteiger partial charge in [0.25, 0.3) is 0 Å². The van der Waals surface area contributed by atoms with E-state index in [1.807, 2.05) is 48.5 Å². The zero-order chi connectivity index (χ0) is 18.1. The van der Waals surface area contributed by atoms with Crippen molar-refractivity contribution in [2.24, 2.45) is 5.92 Å². The van der Waals surface area contributed by atoms with Crippen molar-refractivity contribution in [3.63, 3.8) is 0 Å². The van der Waals surface area contributed by atoms with E-state index < -0.39 is 6.09 Å². The summed E-state index contributed by atoms with van der Waals surface area (Å²) in [5.74, 6) is 1.24. The average molecular weight is 352 g/mol. The molecule has 2 aromatic rings. The van der Waals surface area contributed by atoms with Crippen LogP contribution in [0.25, 0.3) is 11.1 Å². The second-order valence-corrected chi connectivity index (χ2v) is 7.11. The number of amides is 1. The number of piperidine rings is 3. The molecule has 5 nitrogen and oxygen atoms in total. The fourth-order valence-electron chi connectivity index (χ4n) is 4.38. The first-order valence-electron chi connectivity index (χ1n) is 9.15. The lowest BCUT2D eigenvalue weighted by atomic mass is 9.83. The third kappa shape index (κ3) is 3.03. The molecule has 1 unspecified atom stereocenters. The fraction of sp³-hybridized carbons (Fsp3) is 0.381. The summed E-state index contributed by atoms with van der Waals surface area (Å²) in [4.78, 5) is 16.1. The molecule has 5 rings (SSSR count). The van der Waals surface area contributed by atoms with E-state index in [-0.39, 0.29) is 6.04 Å². The maximum atomic E-state index is 12.1. The van der Waals surface area contributed by atoms with Gasteiger partial charge in [-0.15, -0.1) is 0 Å². The van der Waals surface area contributed by atoms with Crippen molar-refractivity contribution in [1.82, 2.24) is 4.90 Å². The topological polar surface area (TPSA) is 53.0 Å². The minimum absolute atomic E-state index is 0.0305. The number of hydrogen-bond donors (Lipinski definition) is 1. The first-order chi connectivity index (χ1) is 12.7. The standard InChI is InChI=1S/C21H24N2O3/c1-26-20-8-3-2-7-18(20)16-5-4-6-17(13-16)23(21(24)25)19-14-22-11-9-15(19)10-12-22/h2-8,13,15,19H,9-12,14H2,1H3,(H,24,25). The maximum Gasteiger partial charge on any atom is 0.412 e. The molecule has 3 fully saturated rings. The summed E-state index contributed by atoms with van der Waals surface area (Å²) in [7, 11) is 1.65. The van der Waals surface area contributed by atoms with Crippen molar-refractivity contribution >= 4 is 11.8 Å². The van der Waals surface area contributed by atoms with E-state index in [1.165, 1.54) is 0 Å². The lowest BCUT2D eigenvalue weighted by molar-refractivity contribution is 0.0837. The van der Waals surface area contributed by atoms with Crippen LogP contribution in [0.1, 0.15) is 12.8 Å². The Bertz CT molecular complexity index is 799. The Kier molecular flexibility index (Phi) is 4.55. The molecule has 1 atom stereocenters. The Labute approximate surface area is 153 Å². The smallest absolute Gasteiger partial charge is 0.412 e. The quantitative estimate of drug-likeness (QED) is 0.905. The van der Waals surface area contributed by atoms with Gasteiger partial charge in [0.05, 0.1) is 13.2 Å². The van der Waals surface area contributed by atoms with Crippen LogP contribution < -0.4 is 9.64 Å². The van der Waals surface area contributed by atoms with Gasteiger partial charge in [-0.05, 0) is 55.6 Å². The Morgan fingerprint density at radius 2 is 1.92 bits per heavy atom. The molecule has 0 spiro atoms. The van der Waals surface area contributed by atoms with Crippen molar-refractivity contribution in [3.05, 3.63) is 48.5 Å². The molecule has 0 saturated carbocycles. The predicted octanol–water partition coefficient (Wildman–Crippen LogP) is 3.94. The Hall–Kier alpha value is -2.53. The van der Waals surface area contributed by atoms with Gasteiger partial charge in [-0.1, -0.05) is 30.3 Å². The molecule has 136 valence electrons. The number of para-hydroxylation sites is 1. The number of fused-ring (bicyclic) bond motifs is 3. The highest BCUT2D eigenvalue weighted by Crippen LogP contribution is 2.36. The third-order valence-electron chi connectivity index (χ3n) is 5.70. The number of carboxylic acid groups (broad SMARTS) is 1. The molecule has 2 bridgehead atoms. The number of rotatable bonds is 4. The molecule has 2 aromatic carbocycles. The zero-order valence-electron chi connectivity index (χ0n) is 15.0. The monoisotopic (exact) mass is 352 g/mol. The van der Waals surface area contributed by atoms with Gasteiger partial charge < -0.3 is 14.7 Å². The van der Waals surface area contributed by atoms with Crippen molar-refractivity contribution in [2.45, 2.75) is 18.9 Å².